The van der Waals surface area contributed by atoms with Gasteiger partial charge in [-0.1, -0.05) is 19.1 Å². The highest BCUT2D eigenvalue weighted by Crippen LogP contribution is 2.25. The summed E-state index contributed by atoms with van der Waals surface area (Å²) in [6.45, 7) is -0.933. The van der Waals surface area contributed by atoms with E-state index in [-0.39, 0.29) is 24.2 Å². The Kier molecular flexibility index (Phi) is 5.35. The van der Waals surface area contributed by atoms with Crippen molar-refractivity contribution < 1.29 is 23.0 Å². The maximum atomic E-state index is 12.2. The van der Waals surface area contributed by atoms with Crippen molar-refractivity contribution in [3.63, 3.8) is 0 Å². The quantitative estimate of drug-likeness (QED) is 0.797. The molecule has 0 spiro atoms. The van der Waals surface area contributed by atoms with Gasteiger partial charge >= 0.3 is 12.6 Å². The number of carbonyl (C=O) groups is 1. The molecule has 0 aliphatic heterocycles. The number of esters is 1. The Hall–Kier alpha value is -1.85. The molecule has 0 aliphatic carbocycles. The largest absolute Gasteiger partial charge is 0.469 e. The summed E-state index contributed by atoms with van der Waals surface area (Å²) in [5, 5.41) is 2.87. The van der Waals surface area contributed by atoms with Crippen molar-refractivity contribution >= 4 is 11.7 Å². The number of hydrogen-bond donors (Lipinski definition) is 1. The van der Waals surface area contributed by atoms with Crippen molar-refractivity contribution in [1.82, 2.24) is 0 Å². The fourth-order valence-electron chi connectivity index (χ4n) is 1.36. The summed E-state index contributed by atoms with van der Waals surface area (Å²) in [5.41, 5.74) is 0.411. The summed E-state index contributed by atoms with van der Waals surface area (Å²) in [6.07, 6.45) is 0. The van der Waals surface area contributed by atoms with E-state index >= 15 is 0 Å². The minimum absolute atomic E-state index is 0.0459. The predicted molar refractivity (Wildman–Crippen MR) is 62.7 cm³/mol. The number of carbonyl (C=O) groups excluding carboxylic acids is 1. The van der Waals surface area contributed by atoms with Gasteiger partial charge in [0, 0.05) is 6.54 Å². The third-order valence-corrected chi connectivity index (χ3v) is 2.31. The third-order valence-electron chi connectivity index (χ3n) is 2.31. The van der Waals surface area contributed by atoms with E-state index < -0.39 is 6.61 Å². The van der Waals surface area contributed by atoms with E-state index in [0.717, 1.165) is 0 Å². The molecule has 1 atom stereocenters. The van der Waals surface area contributed by atoms with E-state index in [1.54, 1.807) is 25.1 Å². The van der Waals surface area contributed by atoms with Gasteiger partial charge in [0.25, 0.3) is 0 Å². The van der Waals surface area contributed by atoms with Crippen LogP contribution in [0.1, 0.15) is 6.92 Å². The minimum atomic E-state index is -2.88. The van der Waals surface area contributed by atoms with Crippen molar-refractivity contribution in [2.24, 2.45) is 5.92 Å². The molecule has 0 bridgehead atoms. The van der Waals surface area contributed by atoms with Crippen LogP contribution >= 0.6 is 0 Å². The number of nitrogens with one attached hydrogen (secondary N) is 1. The first-order chi connectivity index (χ1) is 8.54. The van der Waals surface area contributed by atoms with Crippen molar-refractivity contribution in [2.75, 3.05) is 19.0 Å². The molecule has 0 fully saturated rings. The Balaban J connectivity index is 2.64. The average molecular weight is 259 g/mol. The summed E-state index contributed by atoms with van der Waals surface area (Å²) < 4.78 is 33.2. The van der Waals surface area contributed by atoms with E-state index in [1.165, 1.54) is 13.2 Å². The van der Waals surface area contributed by atoms with Gasteiger partial charge in [0.15, 0.2) is 0 Å². The number of halogens is 2. The van der Waals surface area contributed by atoms with Crippen molar-refractivity contribution in [1.29, 1.82) is 0 Å². The van der Waals surface area contributed by atoms with Crippen LogP contribution in [-0.4, -0.2) is 26.2 Å². The van der Waals surface area contributed by atoms with Crippen LogP contribution in [0, 0.1) is 5.92 Å². The Morgan fingerprint density at radius 3 is 2.67 bits per heavy atom. The Morgan fingerprint density at radius 1 is 1.39 bits per heavy atom. The molecule has 0 aliphatic rings. The minimum Gasteiger partial charge on any atom is -0.469 e. The molecule has 0 saturated heterocycles. The SMILES string of the molecule is COC(=O)C(C)CNc1ccccc1OC(F)F. The molecule has 1 N–H and O–H groups in total. The van der Waals surface area contributed by atoms with E-state index in [0.29, 0.717) is 5.69 Å². The van der Waals surface area contributed by atoms with Gasteiger partial charge in [-0.05, 0) is 12.1 Å². The Morgan fingerprint density at radius 2 is 2.06 bits per heavy atom. The first kappa shape index (κ1) is 14.2. The number of para-hydroxylation sites is 2. The maximum Gasteiger partial charge on any atom is 0.387 e. The van der Waals surface area contributed by atoms with E-state index in [9.17, 15) is 13.6 Å². The predicted octanol–water partition coefficient (Wildman–Crippen LogP) is 2.51. The molecule has 0 heterocycles. The van der Waals surface area contributed by atoms with Gasteiger partial charge in [-0.25, -0.2) is 0 Å². The molecule has 1 aromatic carbocycles. The molecule has 0 amide bonds. The summed E-state index contributed by atoms with van der Waals surface area (Å²) in [7, 11) is 1.30. The zero-order chi connectivity index (χ0) is 13.5. The first-order valence-corrected chi connectivity index (χ1v) is 5.40. The third kappa shape index (κ3) is 4.20. The maximum absolute atomic E-state index is 12.2. The van der Waals surface area contributed by atoms with Gasteiger partial charge in [0.05, 0.1) is 18.7 Å². The van der Waals surface area contributed by atoms with Crippen molar-refractivity contribution in [3.8, 4) is 5.75 Å². The number of hydrogen-bond acceptors (Lipinski definition) is 4. The molecule has 0 radical (unpaired) electrons. The average Bonchev–Trinajstić information content (AvgIpc) is 2.35. The lowest BCUT2D eigenvalue weighted by Crippen LogP contribution is -2.21. The van der Waals surface area contributed by atoms with Gasteiger partial charge in [0.2, 0.25) is 0 Å². The summed E-state index contributed by atoms with van der Waals surface area (Å²) in [5.74, 6) is -0.700. The summed E-state index contributed by atoms with van der Waals surface area (Å²) in [4.78, 5) is 11.2. The highest BCUT2D eigenvalue weighted by molar-refractivity contribution is 5.72. The fourth-order valence-corrected chi connectivity index (χ4v) is 1.36. The molecular weight excluding hydrogens is 244 g/mol. The van der Waals surface area contributed by atoms with E-state index in [4.69, 9.17) is 0 Å². The van der Waals surface area contributed by atoms with Crippen LogP contribution in [0.5, 0.6) is 5.75 Å². The Labute approximate surface area is 104 Å². The topological polar surface area (TPSA) is 47.6 Å². The Bertz CT molecular complexity index is 399. The molecule has 0 aromatic heterocycles. The van der Waals surface area contributed by atoms with Crippen LogP contribution in [0.3, 0.4) is 0 Å². The number of methoxy groups -OCH3 is 1. The molecule has 1 aromatic rings. The van der Waals surface area contributed by atoms with Crippen LogP contribution in [0.25, 0.3) is 0 Å². The molecule has 0 saturated carbocycles. The fraction of sp³-hybridized carbons (Fsp3) is 0.417. The van der Waals surface area contributed by atoms with E-state index in [2.05, 4.69) is 14.8 Å². The summed E-state index contributed by atoms with van der Waals surface area (Å²) >= 11 is 0. The molecule has 6 heteroatoms. The van der Waals surface area contributed by atoms with Crippen LogP contribution < -0.4 is 10.1 Å². The van der Waals surface area contributed by atoms with Crippen LogP contribution in [-0.2, 0) is 9.53 Å². The molecule has 1 unspecified atom stereocenters. The second kappa shape index (κ2) is 6.78. The zero-order valence-electron chi connectivity index (χ0n) is 10.2. The standard InChI is InChI=1S/C12H15F2NO3/c1-8(11(16)17-2)7-15-9-5-3-4-6-10(9)18-12(13)14/h3-6,8,12,15H,7H2,1-2H3. The second-order valence-electron chi connectivity index (χ2n) is 3.68. The van der Waals surface area contributed by atoms with Crippen molar-refractivity contribution in [2.45, 2.75) is 13.5 Å². The van der Waals surface area contributed by atoms with Crippen LogP contribution in [0.2, 0.25) is 0 Å². The van der Waals surface area contributed by atoms with Gasteiger partial charge in [-0.3, -0.25) is 4.79 Å². The van der Waals surface area contributed by atoms with Gasteiger partial charge in [-0.2, -0.15) is 8.78 Å². The molecular formula is C12H15F2NO3. The number of anilines is 1. The van der Waals surface area contributed by atoms with Gasteiger partial charge in [-0.15, -0.1) is 0 Å². The zero-order valence-corrected chi connectivity index (χ0v) is 10.2. The summed E-state index contributed by atoms with van der Waals surface area (Å²) in [6, 6.07) is 6.30. The molecule has 1 rings (SSSR count). The van der Waals surface area contributed by atoms with Gasteiger partial charge < -0.3 is 14.8 Å². The van der Waals surface area contributed by atoms with Crippen LogP contribution in [0.15, 0.2) is 24.3 Å². The highest BCUT2D eigenvalue weighted by Gasteiger charge is 2.14. The van der Waals surface area contributed by atoms with Crippen LogP contribution in [0.4, 0.5) is 14.5 Å². The lowest BCUT2D eigenvalue weighted by Gasteiger charge is -2.14. The lowest BCUT2D eigenvalue weighted by atomic mass is 10.2. The number of benzene rings is 1. The smallest absolute Gasteiger partial charge is 0.387 e. The molecule has 4 nitrogen and oxygen atoms in total. The normalized spacial score (nSPS) is 12.1. The lowest BCUT2D eigenvalue weighted by molar-refractivity contribution is -0.144. The number of alkyl halides is 2. The van der Waals surface area contributed by atoms with Gasteiger partial charge in [0.1, 0.15) is 5.75 Å². The molecule has 100 valence electrons. The number of ether oxygens (including phenoxy) is 2. The number of rotatable bonds is 6. The monoisotopic (exact) mass is 259 g/mol. The first-order valence-electron chi connectivity index (χ1n) is 5.40. The van der Waals surface area contributed by atoms with Crippen molar-refractivity contribution in [3.05, 3.63) is 24.3 Å². The second-order valence-corrected chi connectivity index (χ2v) is 3.68. The highest BCUT2D eigenvalue weighted by atomic mass is 19.3. The molecule has 18 heavy (non-hydrogen) atoms. The van der Waals surface area contributed by atoms with E-state index in [1.807, 2.05) is 0 Å².